The molecule has 2 aliphatic carbocycles. The molecule has 1 aromatic rings. The molecule has 0 saturated carbocycles. The fraction of sp³-hybridized carbons (Fsp3) is 0.250. The van der Waals surface area contributed by atoms with Crippen molar-refractivity contribution in [2.75, 3.05) is 0 Å². The Morgan fingerprint density at radius 1 is 1.47 bits per heavy atom. The van der Waals surface area contributed by atoms with Crippen LogP contribution in [-0.4, -0.2) is 5.78 Å². The molecule has 0 radical (unpaired) electrons. The Labute approximate surface area is 116 Å². The zero-order valence-corrected chi connectivity index (χ0v) is 10.9. The number of nitriles is 1. The Hall–Kier alpha value is -2.03. The summed E-state index contributed by atoms with van der Waals surface area (Å²) in [7, 11) is 0. The van der Waals surface area contributed by atoms with E-state index < -0.39 is 11.3 Å². The summed E-state index contributed by atoms with van der Waals surface area (Å²) in [5.41, 5.74) is 2.20. The van der Waals surface area contributed by atoms with Gasteiger partial charge in [-0.2, -0.15) is 5.26 Å². The summed E-state index contributed by atoms with van der Waals surface area (Å²) < 4.78 is 0. The highest BCUT2D eigenvalue weighted by Crippen LogP contribution is 2.54. The van der Waals surface area contributed by atoms with Crippen molar-refractivity contribution in [3.8, 4) is 18.4 Å². The van der Waals surface area contributed by atoms with Crippen LogP contribution in [0, 0.1) is 35.0 Å². The van der Waals surface area contributed by atoms with Gasteiger partial charge in [-0.1, -0.05) is 29.7 Å². The fourth-order valence-electron chi connectivity index (χ4n) is 3.06. The number of terminal acetylenes is 1. The Morgan fingerprint density at radius 3 is 2.95 bits per heavy atom. The summed E-state index contributed by atoms with van der Waals surface area (Å²) >= 11 is 6.24. The molecule has 0 spiro atoms. The number of halogens is 1. The van der Waals surface area contributed by atoms with Gasteiger partial charge in [0.1, 0.15) is 5.92 Å². The molecule has 2 unspecified atom stereocenters. The number of allylic oxidation sites excluding steroid dienone is 2. The lowest BCUT2D eigenvalue weighted by Gasteiger charge is -2.30. The summed E-state index contributed by atoms with van der Waals surface area (Å²) in [6.07, 6.45) is 8.27. The van der Waals surface area contributed by atoms with E-state index in [1.807, 2.05) is 18.2 Å². The highest BCUT2D eigenvalue weighted by Gasteiger charge is 2.47. The number of ketones is 1. The van der Waals surface area contributed by atoms with Crippen molar-refractivity contribution < 1.29 is 4.79 Å². The Bertz CT molecular complexity index is 704. The second-order valence-corrected chi connectivity index (χ2v) is 5.43. The van der Waals surface area contributed by atoms with Crippen molar-refractivity contribution in [2.24, 2.45) is 11.3 Å². The Kier molecular flexibility index (Phi) is 2.52. The quantitative estimate of drug-likeness (QED) is 0.678. The largest absolute Gasteiger partial charge is 0.293 e. The van der Waals surface area contributed by atoms with E-state index in [9.17, 15) is 4.79 Å². The maximum absolute atomic E-state index is 11.9. The standard InChI is InChI=1S/C16H10ClNO/c1-2-16-7-10-4-3-5-13(17)15(10)12(16)6-14(19)11(8-16)9-18/h1,3-6,11H,7-8H2. The van der Waals surface area contributed by atoms with Crippen LogP contribution in [0.25, 0.3) is 5.57 Å². The number of rotatable bonds is 0. The van der Waals surface area contributed by atoms with E-state index in [1.54, 1.807) is 6.07 Å². The van der Waals surface area contributed by atoms with Gasteiger partial charge in [-0.25, -0.2) is 0 Å². The Morgan fingerprint density at radius 2 is 2.26 bits per heavy atom. The molecule has 2 atom stereocenters. The molecule has 92 valence electrons. The molecule has 1 aromatic carbocycles. The molecule has 3 heteroatoms. The van der Waals surface area contributed by atoms with Crippen LogP contribution in [0.15, 0.2) is 24.3 Å². The molecular weight excluding hydrogens is 258 g/mol. The van der Waals surface area contributed by atoms with Crippen LogP contribution in [0.4, 0.5) is 0 Å². The first-order chi connectivity index (χ1) is 9.11. The molecule has 0 fully saturated rings. The molecule has 2 aliphatic rings. The number of carbonyl (C=O) groups excluding carboxylic acids is 1. The maximum atomic E-state index is 11.9. The van der Waals surface area contributed by atoms with Crippen molar-refractivity contribution >= 4 is 23.0 Å². The van der Waals surface area contributed by atoms with Gasteiger partial charge in [0.25, 0.3) is 0 Å². The van der Waals surface area contributed by atoms with Gasteiger partial charge in [-0.15, -0.1) is 6.42 Å². The van der Waals surface area contributed by atoms with Gasteiger partial charge < -0.3 is 0 Å². The predicted octanol–water partition coefficient (Wildman–Crippen LogP) is 3.01. The molecule has 0 heterocycles. The van der Waals surface area contributed by atoms with Crippen LogP contribution in [-0.2, 0) is 11.2 Å². The van der Waals surface area contributed by atoms with Crippen LogP contribution in [0.5, 0.6) is 0 Å². The zero-order chi connectivity index (χ0) is 13.6. The van der Waals surface area contributed by atoms with Crippen LogP contribution < -0.4 is 0 Å². The number of carbonyl (C=O) groups is 1. The SMILES string of the molecule is C#CC12Cc3cccc(Cl)c3C1=CC(=O)C(C#N)C2. The topological polar surface area (TPSA) is 40.9 Å². The molecule has 0 aromatic heterocycles. The van der Waals surface area contributed by atoms with Crippen molar-refractivity contribution in [1.29, 1.82) is 5.26 Å². The summed E-state index contributed by atoms with van der Waals surface area (Å²) in [5, 5.41) is 9.68. The highest BCUT2D eigenvalue weighted by molar-refractivity contribution is 6.33. The second-order valence-electron chi connectivity index (χ2n) is 5.02. The normalized spacial score (nSPS) is 27.8. The molecular formula is C16H10ClNO. The van der Waals surface area contributed by atoms with Crippen LogP contribution in [0.3, 0.4) is 0 Å². The lowest BCUT2D eigenvalue weighted by Crippen LogP contribution is -2.30. The van der Waals surface area contributed by atoms with Gasteiger partial charge in [0.05, 0.1) is 11.5 Å². The number of hydrogen-bond donors (Lipinski definition) is 0. The van der Waals surface area contributed by atoms with E-state index in [2.05, 4.69) is 5.92 Å². The van der Waals surface area contributed by atoms with Gasteiger partial charge in [-0.05, 0) is 36.1 Å². The number of fused-ring (bicyclic) bond motifs is 3. The molecule has 0 bridgehead atoms. The van der Waals surface area contributed by atoms with Crippen LogP contribution >= 0.6 is 11.6 Å². The number of hydrogen-bond acceptors (Lipinski definition) is 2. The van der Waals surface area contributed by atoms with E-state index in [4.69, 9.17) is 23.3 Å². The minimum absolute atomic E-state index is 0.170. The minimum atomic E-state index is -0.645. The number of benzene rings is 1. The first-order valence-electron chi connectivity index (χ1n) is 6.02. The van der Waals surface area contributed by atoms with Crippen molar-refractivity contribution in [3.63, 3.8) is 0 Å². The first kappa shape index (κ1) is 12.0. The smallest absolute Gasteiger partial charge is 0.173 e. The average Bonchev–Trinajstić information content (AvgIpc) is 2.73. The zero-order valence-electron chi connectivity index (χ0n) is 10.1. The van der Waals surface area contributed by atoms with Gasteiger partial charge in [0.15, 0.2) is 5.78 Å². The van der Waals surface area contributed by atoms with Crippen LogP contribution in [0.2, 0.25) is 5.02 Å². The molecule has 2 nitrogen and oxygen atoms in total. The molecule has 0 saturated heterocycles. The molecule has 3 rings (SSSR count). The Balaban J connectivity index is 2.25. The van der Waals surface area contributed by atoms with E-state index in [-0.39, 0.29) is 5.78 Å². The van der Waals surface area contributed by atoms with Crippen molar-refractivity contribution in [2.45, 2.75) is 12.8 Å². The third-order valence-electron chi connectivity index (χ3n) is 3.99. The van der Waals surface area contributed by atoms with Crippen molar-refractivity contribution in [1.82, 2.24) is 0 Å². The molecule has 0 N–H and O–H groups in total. The predicted molar refractivity (Wildman–Crippen MR) is 73.1 cm³/mol. The molecule has 19 heavy (non-hydrogen) atoms. The third kappa shape index (κ3) is 1.54. The monoisotopic (exact) mass is 267 g/mol. The summed E-state index contributed by atoms with van der Waals surface area (Å²) in [5.74, 6) is 1.99. The average molecular weight is 268 g/mol. The molecule has 0 amide bonds. The number of nitrogens with zero attached hydrogens (tertiary/aromatic N) is 1. The lowest BCUT2D eigenvalue weighted by atomic mass is 9.69. The maximum Gasteiger partial charge on any atom is 0.173 e. The third-order valence-corrected chi connectivity index (χ3v) is 4.31. The van der Waals surface area contributed by atoms with E-state index in [0.29, 0.717) is 17.9 Å². The summed E-state index contributed by atoms with van der Waals surface area (Å²) in [4.78, 5) is 11.9. The second kappa shape index (κ2) is 3.98. The van der Waals surface area contributed by atoms with Gasteiger partial charge in [-0.3, -0.25) is 4.79 Å². The van der Waals surface area contributed by atoms with E-state index >= 15 is 0 Å². The van der Waals surface area contributed by atoms with Crippen molar-refractivity contribution in [3.05, 3.63) is 40.4 Å². The highest BCUT2D eigenvalue weighted by atomic mass is 35.5. The fourth-order valence-corrected chi connectivity index (χ4v) is 3.35. The molecule has 0 aliphatic heterocycles. The first-order valence-corrected chi connectivity index (χ1v) is 6.40. The van der Waals surface area contributed by atoms with Gasteiger partial charge in [0, 0.05) is 10.6 Å². The minimum Gasteiger partial charge on any atom is -0.293 e. The van der Waals surface area contributed by atoms with E-state index in [0.717, 1.165) is 16.7 Å². The van der Waals surface area contributed by atoms with Gasteiger partial charge >= 0.3 is 0 Å². The van der Waals surface area contributed by atoms with E-state index in [1.165, 1.54) is 6.08 Å². The summed E-state index contributed by atoms with van der Waals surface area (Å²) in [6.45, 7) is 0. The lowest BCUT2D eigenvalue weighted by molar-refractivity contribution is -0.117. The summed E-state index contributed by atoms with van der Waals surface area (Å²) in [6, 6.07) is 7.70. The van der Waals surface area contributed by atoms with Crippen LogP contribution in [0.1, 0.15) is 17.5 Å². The van der Waals surface area contributed by atoms with Gasteiger partial charge in [0.2, 0.25) is 0 Å².